The van der Waals surface area contributed by atoms with Crippen LogP contribution < -0.4 is 10.7 Å². The van der Waals surface area contributed by atoms with Crippen LogP contribution in [0.4, 0.5) is 4.79 Å². The van der Waals surface area contributed by atoms with Crippen molar-refractivity contribution in [3.8, 4) is 0 Å². The summed E-state index contributed by atoms with van der Waals surface area (Å²) in [6.45, 7) is 9.83. The fraction of sp³-hybridized carbons (Fsp3) is 0.444. The predicted molar refractivity (Wildman–Crippen MR) is 94.1 cm³/mol. The third kappa shape index (κ3) is 6.04. The summed E-state index contributed by atoms with van der Waals surface area (Å²) in [5, 5.41) is 4.40. The zero-order chi connectivity index (χ0) is 17.9. The minimum atomic E-state index is -0.555. The van der Waals surface area contributed by atoms with Gasteiger partial charge in [-0.2, -0.15) is 0 Å². The number of benzene rings is 1. The lowest BCUT2D eigenvalue weighted by Crippen LogP contribution is -2.55. The molecule has 1 aromatic rings. The molecule has 1 aromatic carbocycles. The van der Waals surface area contributed by atoms with E-state index in [1.807, 2.05) is 44.2 Å². The number of hydrogen-bond donors (Lipinski definition) is 2. The van der Waals surface area contributed by atoms with Gasteiger partial charge >= 0.3 is 12.0 Å². The highest BCUT2D eigenvalue weighted by Crippen LogP contribution is 2.11. The van der Waals surface area contributed by atoms with Crippen LogP contribution in [0.1, 0.15) is 38.8 Å². The Morgan fingerprint density at radius 2 is 1.96 bits per heavy atom. The zero-order valence-corrected chi connectivity index (χ0v) is 14.6. The van der Waals surface area contributed by atoms with E-state index in [0.29, 0.717) is 19.6 Å². The number of ether oxygens (including phenoxy) is 1. The number of carbonyl (C=O) groups excluding carboxylic acids is 2. The van der Waals surface area contributed by atoms with Crippen LogP contribution in [0.3, 0.4) is 0 Å². The van der Waals surface area contributed by atoms with Gasteiger partial charge < -0.3 is 10.1 Å². The first-order valence-corrected chi connectivity index (χ1v) is 8.19. The van der Waals surface area contributed by atoms with Crippen LogP contribution in [0.25, 0.3) is 0 Å². The van der Waals surface area contributed by atoms with Crippen molar-refractivity contribution in [3.05, 3.63) is 48.6 Å². The molecule has 0 heterocycles. The monoisotopic (exact) mass is 333 g/mol. The predicted octanol–water partition coefficient (Wildman–Crippen LogP) is 2.79. The number of rotatable bonds is 9. The molecule has 0 aliphatic carbocycles. The second-order valence-electron chi connectivity index (χ2n) is 5.33. The van der Waals surface area contributed by atoms with Crippen molar-refractivity contribution in [1.29, 1.82) is 0 Å². The summed E-state index contributed by atoms with van der Waals surface area (Å²) in [5.41, 5.74) is 3.72. The number of urea groups is 1. The Hall–Kier alpha value is -2.34. The number of hydrazine groups is 1. The topological polar surface area (TPSA) is 70.7 Å². The van der Waals surface area contributed by atoms with E-state index in [1.165, 1.54) is 5.01 Å². The third-order valence-corrected chi connectivity index (χ3v) is 3.54. The van der Waals surface area contributed by atoms with Gasteiger partial charge in [-0.25, -0.2) is 9.80 Å². The maximum absolute atomic E-state index is 12.3. The molecule has 0 aromatic heterocycles. The van der Waals surface area contributed by atoms with Crippen molar-refractivity contribution in [2.45, 2.75) is 39.3 Å². The molecule has 6 heteroatoms. The number of carbonyl (C=O) groups is 2. The first kappa shape index (κ1) is 19.7. The number of hydrogen-bond acceptors (Lipinski definition) is 4. The highest BCUT2D eigenvalue weighted by atomic mass is 16.5. The fourth-order valence-electron chi connectivity index (χ4n) is 2.33. The summed E-state index contributed by atoms with van der Waals surface area (Å²) in [6.07, 6.45) is 2.14. The lowest BCUT2D eigenvalue weighted by atomic mass is 10.1. The minimum absolute atomic E-state index is 0.153. The average Bonchev–Trinajstić information content (AvgIpc) is 2.56. The van der Waals surface area contributed by atoms with Gasteiger partial charge in [0.05, 0.1) is 12.6 Å². The van der Waals surface area contributed by atoms with Crippen LogP contribution in [0, 0.1) is 0 Å². The Labute approximate surface area is 143 Å². The summed E-state index contributed by atoms with van der Waals surface area (Å²) < 4.78 is 5.07. The first-order valence-electron chi connectivity index (χ1n) is 8.19. The molecular weight excluding hydrogens is 306 g/mol. The summed E-state index contributed by atoms with van der Waals surface area (Å²) in [4.78, 5) is 24.3. The van der Waals surface area contributed by atoms with Crippen molar-refractivity contribution < 1.29 is 14.3 Å². The van der Waals surface area contributed by atoms with E-state index in [2.05, 4.69) is 17.3 Å². The maximum Gasteiger partial charge on any atom is 0.329 e. The van der Waals surface area contributed by atoms with Crippen molar-refractivity contribution in [2.75, 3.05) is 13.2 Å². The van der Waals surface area contributed by atoms with Crippen LogP contribution in [-0.4, -0.2) is 36.2 Å². The lowest BCUT2D eigenvalue weighted by molar-refractivity contribution is -0.150. The Kier molecular flexibility index (Phi) is 8.57. The molecule has 0 saturated heterocycles. The molecule has 2 N–H and O–H groups in total. The maximum atomic E-state index is 12.3. The third-order valence-electron chi connectivity index (χ3n) is 3.54. The molecule has 0 saturated carbocycles. The van der Waals surface area contributed by atoms with Gasteiger partial charge in [0.2, 0.25) is 0 Å². The minimum Gasteiger partial charge on any atom is -0.465 e. The standard InChI is InChI=1S/C18H27N3O3/c1-5-13-21(16(6-2)17(22)24-7-3)20-18(23)19-14(4)15-11-9-8-10-12-15/h5,8-12,14,16H,1,6-7,13H2,2-4H3,(H2,19,20,23)/t14-,16-/m1/s1. The SMILES string of the molecule is C=CCN(NC(=O)N[C@H](C)c1ccccc1)[C@H](CC)C(=O)OCC. The molecule has 0 radical (unpaired) electrons. The normalized spacial score (nSPS) is 13.0. The number of nitrogens with one attached hydrogen (secondary N) is 2. The van der Waals surface area contributed by atoms with Gasteiger partial charge in [0.1, 0.15) is 6.04 Å². The second kappa shape index (κ2) is 10.4. The van der Waals surface area contributed by atoms with Gasteiger partial charge in [0.15, 0.2) is 0 Å². The van der Waals surface area contributed by atoms with Gasteiger partial charge in [-0.05, 0) is 25.8 Å². The molecule has 24 heavy (non-hydrogen) atoms. The smallest absolute Gasteiger partial charge is 0.329 e. The highest BCUT2D eigenvalue weighted by molar-refractivity contribution is 5.78. The molecule has 0 bridgehead atoms. The van der Waals surface area contributed by atoms with Crippen LogP contribution in [0.15, 0.2) is 43.0 Å². The Balaban J connectivity index is 2.70. The first-order chi connectivity index (χ1) is 11.5. The Morgan fingerprint density at radius 3 is 2.50 bits per heavy atom. The van der Waals surface area contributed by atoms with Crippen molar-refractivity contribution >= 4 is 12.0 Å². The van der Waals surface area contributed by atoms with E-state index in [1.54, 1.807) is 13.0 Å². The molecule has 132 valence electrons. The van der Waals surface area contributed by atoms with Crippen molar-refractivity contribution in [3.63, 3.8) is 0 Å². The molecule has 0 unspecified atom stereocenters. The highest BCUT2D eigenvalue weighted by Gasteiger charge is 2.26. The number of nitrogens with zero attached hydrogens (tertiary/aromatic N) is 1. The molecular formula is C18H27N3O3. The van der Waals surface area contributed by atoms with Gasteiger partial charge in [0.25, 0.3) is 0 Å². The average molecular weight is 333 g/mol. The fourth-order valence-corrected chi connectivity index (χ4v) is 2.33. The Morgan fingerprint density at radius 1 is 1.29 bits per heavy atom. The second-order valence-corrected chi connectivity index (χ2v) is 5.33. The Bertz CT molecular complexity index is 534. The molecule has 0 aliphatic rings. The van der Waals surface area contributed by atoms with Gasteiger partial charge in [0, 0.05) is 6.54 Å². The summed E-state index contributed by atoms with van der Waals surface area (Å²) in [5.74, 6) is -0.363. The van der Waals surface area contributed by atoms with Crippen molar-refractivity contribution in [1.82, 2.24) is 15.8 Å². The van der Waals surface area contributed by atoms with Gasteiger partial charge in [-0.3, -0.25) is 10.2 Å². The summed E-state index contributed by atoms with van der Waals surface area (Å²) in [6, 6.07) is 8.57. The largest absolute Gasteiger partial charge is 0.465 e. The molecule has 1 rings (SSSR count). The van der Waals surface area contributed by atoms with Gasteiger partial charge in [-0.15, -0.1) is 6.58 Å². The molecule has 0 fully saturated rings. The van der Waals surface area contributed by atoms with E-state index >= 15 is 0 Å². The lowest BCUT2D eigenvalue weighted by Gasteiger charge is -2.29. The number of amides is 2. The van der Waals surface area contributed by atoms with Crippen LogP contribution in [0.5, 0.6) is 0 Å². The van der Waals surface area contributed by atoms with E-state index in [0.717, 1.165) is 5.56 Å². The van der Waals surface area contributed by atoms with Crippen LogP contribution in [-0.2, 0) is 9.53 Å². The summed E-state index contributed by atoms with van der Waals surface area (Å²) in [7, 11) is 0. The van der Waals surface area contributed by atoms with E-state index in [-0.39, 0.29) is 18.0 Å². The van der Waals surface area contributed by atoms with E-state index < -0.39 is 6.04 Å². The van der Waals surface area contributed by atoms with E-state index in [4.69, 9.17) is 4.74 Å². The summed E-state index contributed by atoms with van der Waals surface area (Å²) >= 11 is 0. The zero-order valence-electron chi connectivity index (χ0n) is 14.6. The van der Waals surface area contributed by atoms with Crippen LogP contribution in [0.2, 0.25) is 0 Å². The number of esters is 1. The molecule has 2 atom stereocenters. The van der Waals surface area contributed by atoms with Gasteiger partial charge in [-0.1, -0.05) is 43.3 Å². The molecule has 2 amide bonds. The van der Waals surface area contributed by atoms with E-state index in [9.17, 15) is 9.59 Å². The molecule has 0 aliphatic heterocycles. The molecule has 6 nitrogen and oxygen atoms in total. The van der Waals surface area contributed by atoms with Crippen molar-refractivity contribution in [2.24, 2.45) is 0 Å². The van der Waals surface area contributed by atoms with Crippen LogP contribution >= 0.6 is 0 Å². The quantitative estimate of drug-likeness (QED) is 0.414. The molecule has 0 spiro atoms.